The van der Waals surface area contributed by atoms with E-state index in [1.165, 1.54) is 51.6 Å². The Morgan fingerprint density at radius 3 is 2.50 bits per heavy atom. The van der Waals surface area contributed by atoms with Crippen LogP contribution < -0.4 is 5.32 Å². The molecule has 4 nitrogen and oxygen atoms in total. The summed E-state index contributed by atoms with van der Waals surface area (Å²) < 4.78 is 0. The first-order valence-corrected chi connectivity index (χ1v) is 9.29. The van der Waals surface area contributed by atoms with Gasteiger partial charge < -0.3 is 10.2 Å². The fourth-order valence-corrected chi connectivity index (χ4v) is 4.04. The quantitative estimate of drug-likeness (QED) is 0.924. The summed E-state index contributed by atoms with van der Waals surface area (Å²) in [4.78, 5) is 15.1. The maximum Gasteiger partial charge on any atom is 0.251 e. The molecule has 1 aromatic carbocycles. The molecule has 0 radical (unpaired) electrons. The van der Waals surface area contributed by atoms with E-state index in [0.29, 0.717) is 17.0 Å². The molecule has 3 rings (SSSR count). The molecule has 128 valence electrons. The van der Waals surface area contributed by atoms with Crippen molar-refractivity contribution in [2.75, 3.05) is 19.6 Å². The van der Waals surface area contributed by atoms with E-state index in [2.05, 4.69) is 16.3 Å². The molecule has 1 heterocycles. The van der Waals surface area contributed by atoms with Crippen molar-refractivity contribution in [2.45, 2.75) is 51.0 Å². The van der Waals surface area contributed by atoms with Gasteiger partial charge >= 0.3 is 0 Å². The lowest BCUT2D eigenvalue weighted by Gasteiger charge is -2.37. The van der Waals surface area contributed by atoms with E-state index >= 15 is 0 Å². The van der Waals surface area contributed by atoms with E-state index in [-0.39, 0.29) is 11.9 Å². The van der Waals surface area contributed by atoms with Gasteiger partial charge in [0.2, 0.25) is 0 Å². The van der Waals surface area contributed by atoms with Gasteiger partial charge in [0.1, 0.15) is 0 Å². The molecule has 2 aliphatic rings. The summed E-state index contributed by atoms with van der Waals surface area (Å²) in [5.74, 6) is 0.564. The van der Waals surface area contributed by atoms with Crippen molar-refractivity contribution in [2.24, 2.45) is 5.92 Å². The number of amides is 1. The Morgan fingerprint density at radius 1 is 1.08 bits per heavy atom. The first kappa shape index (κ1) is 17.0. The predicted molar refractivity (Wildman–Crippen MR) is 94.7 cm³/mol. The van der Waals surface area contributed by atoms with E-state index < -0.39 is 0 Å². The highest BCUT2D eigenvalue weighted by Gasteiger charge is 2.28. The summed E-state index contributed by atoms with van der Waals surface area (Å²) in [6.07, 6.45) is 8.77. The molecule has 1 aliphatic heterocycles. The van der Waals surface area contributed by atoms with Gasteiger partial charge in [-0.15, -0.1) is 0 Å². The van der Waals surface area contributed by atoms with Crippen LogP contribution in [0.2, 0.25) is 0 Å². The average molecular weight is 325 g/mol. The van der Waals surface area contributed by atoms with Crippen LogP contribution in [0.3, 0.4) is 0 Å². The van der Waals surface area contributed by atoms with Crippen LogP contribution in [-0.4, -0.2) is 36.5 Å². The molecule has 1 saturated heterocycles. The number of rotatable bonds is 4. The summed E-state index contributed by atoms with van der Waals surface area (Å²) in [6.45, 7) is 3.55. The Balaban J connectivity index is 1.59. The van der Waals surface area contributed by atoms with Gasteiger partial charge in [-0.05, 0) is 69.0 Å². The molecular formula is C20H27N3O. The zero-order chi connectivity index (χ0) is 16.8. The number of likely N-dealkylation sites (tertiary alicyclic amines) is 1. The molecule has 24 heavy (non-hydrogen) atoms. The van der Waals surface area contributed by atoms with Gasteiger partial charge in [-0.1, -0.05) is 19.3 Å². The molecule has 1 N–H and O–H groups in total. The zero-order valence-electron chi connectivity index (χ0n) is 14.3. The Hall–Kier alpha value is -1.86. The maximum absolute atomic E-state index is 12.5. The molecule has 4 heteroatoms. The van der Waals surface area contributed by atoms with Gasteiger partial charge in [0, 0.05) is 18.2 Å². The number of carbonyl (C=O) groups excluding carboxylic acids is 1. The Kier molecular flexibility index (Phi) is 5.87. The molecular weight excluding hydrogens is 298 g/mol. The molecule has 1 saturated carbocycles. The minimum absolute atomic E-state index is 0.00460. The van der Waals surface area contributed by atoms with Crippen molar-refractivity contribution in [3.05, 3.63) is 35.4 Å². The molecule has 0 unspecified atom stereocenters. The number of carbonyl (C=O) groups is 1. The molecule has 0 aromatic heterocycles. The van der Waals surface area contributed by atoms with Gasteiger partial charge in [-0.3, -0.25) is 4.79 Å². The summed E-state index contributed by atoms with van der Waals surface area (Å²) in [5.41, 5.74) is 1.24. The number of piperidine rings is 1. The molecule has 2 atom stereocenters. The third-order valence-electron chi connectivity index (χ3n) is 5.44. The van der Waals surface area contributed by atoms with Crippen molar-refractivity contribution in [3.8, 4) is 6.07 Å². The summed E-state index contributed by atoms with van der Waals surface area (Å²) in [5, 5.41) is 12.1. The molecule has 1 aromatic rings. The van der Waals surface area contributed by atoms with Crippen LogP contribution >= 0.6 is 0 Å². The minimum Gasteiger partial charge on any atom is -0.349 e. The van der Waals surface area contributed by atoms with E-state index in [0.717, 1.165) is 13.0 Å². The minimum atomic E-state index is -0.00460. The molecule has 0 spiro atoms. The molecule has 1 amide bonds. The average Bonchev–Trinajstić information content (AvgIpc) is 2.64. The fraction of sp³-hybridized carbons (Fsp3) is 0.600. The zero-order valence-corrected chi connectivity index (χ0v) is 14.3. The fourth-order valence-electron chi connectivity index (χ4n) is 4.04. The number of hydrogen-bond acceptors (Lipinski definition) is 3. The van der Waals surface area contributed by atoms with Crippen molar-refractivity contribution in [1.82, 2.24) is 10.2 Å². The van der Waals surface area contributed by atoms with Crippen molar-refractivity contribution in [1.29, 1.82) is 5.26 Å². The SMILES string of the molecule is N#Cc1ccc(C(=O)N[C@@H]2CCCC[C@H]2CN2CCCCC2)cc1. The highest BCUT2D eigenvalue weighted by molar-refractivity contribution is 5.94. The van der Waals surface area contributed by atoms with Crippen LogP contribution in [0.25, 0.3) is 0 Å². The standard InChI is InChI=1S/C20H27N3O/c21-14-16-8-10-17(11-9-16)20(24)22-19-7-3-2-6-18(19)15-23-12-4-1-5-13-23/h8-11,18-19H,1-7,12-13,15H2,(H,22,24)/t18-,19+/m0/s1. The highest BCUT2D eigenvalue weighted by atomic mass is 16.1. The van der Waals surface area contributed by atoms with E-state index in [4.69, 9.17) is 5.26 Å². The second-order valence-corrected chi connectivity index (χ2v) is 7.17. The smallest absolute Gasteiger partial charge is 0.251 e. The van der Waals surface area contributed by atoms with Gasteiger partial charge in [-0.25, -0.2) is 0 Å². The van der Waals surface area contributed by atoms with Crippen molar-refractivity contribution >= 4 is 5.91 Å². The summed E-state index contributed by atoms with van der Waals surface area (Å²) in [7, 11) is 0. The predicted octanol–water partition coefficient (Wildman–Crippen LogP) is 3.33. The van der Waals surface area contributed by atoms with Crippen LogP contribution in [-0.2, 0) is 0 Å². The number of nitrogens with zero attached hydrogens (tertiary/aromatic N) is 2. The van der Waals surface area contributed by atoms with Crippen molar-refractivity contribution in [3.63, 3.8) is 0 Å². The second kappa shape index (κ2) is 8.30. The number of hydrogen-bond donors (Lipinski definition) is 1. The van der Waals surface area contributed by atoms with Crippen molar-refractivity contribution < 1.29 is 4.79 Å². The van der Waals surface area contributed by atoms with Crippen LogP contribution in [0.5, 0.6) is 0 Å². The largest absolute Gasteiger partial charge is 0.349 e. The Morgan fingerprint density at radius 2 is 1.79 bits per heavy atom. The van der Waals surface area contributed by atoms with Gasteiger partial charge in [-0.2, -0.15) is 5.26 Å². The first-order chi connectivity index (χ1) is 11.8. The van der Waals surface area contributed by atoms with Crippen LogP contribution in [0, 0.1) is 17.2 Å². The monoisotopic (exact) mass is 325 g/mol. The lowest BCUT2D eigenvalue weighted by Crippen LogP contribution is -2.47. The van der Waals surface area contributed by atoms with Gasteiger partial charge in [0.15, 0.2) is 0 Å². The topological polar surface area (TPSA) is 56.1 Å². The second-order valence-electron chi connectivity index (χ2n) is 7.17. The third-order valence-corrected chi connectivity index (χ3v) is 5.44. The van der Waals surface area contributed by atoms with Crippen LogP contribution in [0.15, 0.2) is 24.3 Å². The van der Waals surface area contributed by atoms with E-state index in [1.807, 2.05) is 0 Å². The molecule has 1 aliphatic carbocycles. The number of nitriles is 1. The Bertz CT molecular complexity index is 584. The van der Waals surface area contributed by atoms with Crippen LogP contribution in [0.4, 0.5) is 0 Å². The Labute approximate surface area is 144 Å². The summed E-state index contributed by atoms with van der Waals surface area (Å²) >= 11 is 0. The van der Waals surface area contributed by atoms with Gasteiger partial charge in [0.05, 0.1) is 11.6 Å². The first-order valence-electron chi connectivity index (χ1n) is 9.29. The molecule has 0 bridgehead atoms. The van der Waals surface area contributed by atoms with E-state index in [9.17, 15) is 4.79 Å². The normalized spacial score (nSPS) is 25.0. The maximum atomic E-state index is 12.5. The number of benzene rings is 1. The van der Waals surface area contributed by atoms with Gasteiger partial charge in [0.25, 0.3) is 5.91 Å². The van der Waals surface area contributed by atoms with E-state index in [1.54, 1.807) is 24.3 Å². The van der Waals surface area contributed by atoms with Crippen LogP contribution in [0.1, 0.15) is 60.9 Å². The lowest BCUT2D eigenvalue weighted by atomic mass is 9.83. The molecule has 2 fully saturated rings. The summed E-state index contributed by atoms with van der Waals surface area (Å²) in [6, 6.07) is 9.28. The number of nitrogens with one attached hydrogen (secondary N) is 1. The highest BCUT2D eigenvalue weighted by Crippen LogP contribution is 2.26. The lowest BCUT2D eigenvalue weighted by molar-refractivity contribution is 0.0877. The third kappa shape index (κ3) is 4.36.